The standard InChI is InChI=1S/C17H23N3O2/c1-2-22-17(21)13-9-11-20(12-10-13)16-14-7-5-3-4-6-8-15(14)18-19-16/h3,5,7-8,13,18H,2,4,6,9-12H2,1H3. The molecular formula is C17H23N3O2. The molecule has 5 heteroatoms. The number of fused-ring (bicyclic) bond motifs is 1. The van der Waals surface area contributed by atoms with E-state index in [0.717, 1.165) is 55.2 Å². The number of esters is 1. The lowest BCUT2D eigenvalue weighted by molar-refractivity contribution is -0.148. The number of nitrogens with one attached hydrogen (secondary N) is 1. The monoisotopic (exact) mass is 301 g/mol. The molecule has 2 aliphatic rings. The minimum absolute atomic E-state index is 0.0346. The molecule has 1 aromatic rings. The number of carbonyl (C=O) groups is 1. The van der Waals surface area contributed by atoms with Gasteiger partial charge in [-0.3, -0.25) is 9.89 Å². The maximum atomic E-state index is 11.8. The molecule has 1 fully saturated rings. The van der Waals surface area contributed by atoms with E-state index in [1.807, 2.05) is 6.92 Å². The third kappa shape index (κ3) is 3.08. The van der Waals surface area contributed by atoms with Crippen LogP contribution < -0.4 is 15.5 Å². The van der Waals surface area contributed by atoms with Crippen LogP contribution in [0.2, 0.25) is 0 Å². The molecule has 1 aliphatic heterocycles. The molecule has 22 heavy (non-hydrogen) atoms. The highest BCUT2D eigenvalue weighted by Gasteiger charge is 2.27. The topological polar surface area (TPSA) is 58.2 Å². The number of anilines is 1. The van der Waals surface area contributed by atoms with Crippen molar-refractivity contribution >= 4 is 23.9 Å². The van der Waals surface area contributed by atoms with E-state index in [2.05, 4.69) is 39.4 Å². The highest BCUT2D eigenvalue weighted by molar-refractivity contribution is 5.72. The fourth-order valence-electron chi connectivity index (χ4n) is 3.09. The molecule has 0 bridgehead atoms. The lowest BCUT2D eigenvalue weighted by Crippen LogP contribution is -2.40. The van der Waals surface area contributed by atoms with Gasteiger partial charge in [0.1, 0.15) is 0 Å². The predicted octanol–water partition coefficient (Wildman–Crippen LogP) is 1.10. The quantitative estimate of drug-likeness (QED) is 0.850. The van der Waals surface area contributed by atoms with E-state index in [1.165, 1.54) is 0 Å². The summed E-state index contributed by atoms with van der Waals surface area (Å²) in [6.45, 7) is 4.01. The van der Waals surface area contributed by atoms with Gasteiger partial charge in [-0.2, -0.15) is 5.10 Å². The minimum atomic E-state index is -0.0534. The number of nitrogens with zero attached hydrogens (tertiary/aromatic N) is 2. The van der Waals surface area contributed by atoms with Gasteiger partial charge in [0, 0.05) is 18.3 Å². The molecule has 0 atom stereocenters. The molecule has 1 aromatic heterocycles. The van der Waals surface area contributed by atoms with Gasteiger partial charge >= 0.3 is 5.97 Å². The average Bonchev–Trinajstić information content (AvgIpc) is 2.89. The largest absolute Gasteiger partial charge is 0.466 e. The Morgan fingerprint density at radius 2 is 2.23 bits per heavy atom. The molecule has 1 aliphatic carbocycles. The van der Waals surface area contributed by atoms with Crippen molar-refractivity contribution in [2.24, 2.45) is 5.92 Å². The third-order valence-electron chi connectivity index (χ3n) is 4.31. The number of allylic oxidation sites excluding steroid dienone is 2. The van der Waals surface area contributed by atoms with Crippen molar-refractivity contribution < 1.29 is 9.53 Å². The van der Waals surface area contributed by atoms with Crippen molar-refractivity contribution in [1.82, 2.24) is 10.2 Å². The van der Waals surface area contributed by atoms with Crippen molar-refractivity contribution in [3.8, 4) is 0 Å². The summed E-state index contributed by atoms with van der Waals surface area (Å²) in [6.07, 6.45) is 12.4. The number of aromatic nitrogens is 2. The van der Waals surface area contributed by atoms with Crippen LogP contribution in [0.4, 0.5) is 5.82 Å². The lowest BCUT2D eigenvalue weighted by Gasteiger charge is -2.30. The van der Waals surface area contributed by atoms with E-state index in [4.69, 9.17) is 4.74 Å². The maximum absolute atomic E-state index is 11.8. The zero-order chi connectivity index (χ0) is 15.4. The van der Waals surface area contributed by atoms with Crippen LogP contribution in [0.3, 0.4) is 0 Å². The van der Waals surface area contributed by atoms with E-state index in [0.29, 0.717) is 6.61 Å². The van der Waals surface area contributed by atoms with E-state index < -0.39 is 0 Å². The fraction of sp³-hybridized carbons (Fsp3) is 0.529. The molecule has 0 amide bonds. The SMILES string of the molecule is CCOC(=O)C1CCN(c2n[nH]c3c2=CC=CCCC=3)CC1. The predicted molar refractivity (Wildman–Crippen MR) is 86.7 cm³/mol. The summed E-state index contributed by atoms with van der Waals surface area (Å²) in [6, 6.07) is 0. The molecule has 0 radical (unpaired) electrons. The second-order valence-electron chi connectivity index (χ2n) is 5.76. The minimum Gasteiger partial charge on any atom is -0.466 e. The van der Waals surface area contributed by atoms with Crippen LogP contribution in [0, 0.1) is 5.92 Å². The van der Waals surface area contributed by atoms with Crippen molar-refractivity contribution in [3.63, 3.8) is 0 Å². The molecule has 5 nitrogen and oxygen atoms in total. The van der Waals surface area contributed by atoms with E-state index >= 15 is 0 Å². The van der Waals surface area contributed by atoms with Gasteiger partial charge in [-0.05, 0) is 38.7 Å². The molecule has 0 saturated carbocycles. The highest BCUT2D eigenvalue weighted by Crippen LogP contribution is 2.20. The lowest BCUT2D eigenvalue weighted by atomic mass is 9.97. The molecule has 1 N–H and O–H groups in total. The average molecular weight is 301 g/mol. The summed E-state index contributed by atoms with van der Waals surface area (Å²) in [5, 5.41) is 9.90. The normalized spacial score (nSPS) is 18.7. The first-order valence-corrected chi connectivity index (χ1v) is 8.12. The van der Waals surface area contributed by atoms with Crippen LogP contribution in [-0.2, 0) is 9.53 Å². The number of rotatable bonds is 3. The van der Waals surface area contributed by atoms with Gasteiger partial charge in [-0.25, -0.2) is 0 Å². The Morgan fingerprint density at radius 3 is 3.00 bits per heavy atom. The zero-order valence-electron chi connectivity index (χ0n) is 13.0. The van der Waals surface area contributed by atoms with E-state index in [9.17, 15) is 4.79 Å². The smallest absolute Gasteiger partial charge is 0.309 e. The second kappa shape index (κ2) is 6.81. The summed E-state index contributed by atoms with van der Waals surface area (Å²) in [4.78, 5) is 14.1. The molecule has 1 saturated heterocycles. The Hall–Kier alpha value is -2.04. The second-order valence-corrected chi connectivity index (χ2v) is 5.76. The van der Waals surface area contributed by atoms with Gasteiger partial charge in [0.05, 0.1) is 17.9 Å². The van der Waals surface area contributed by atoms with Gasteiger partial charge in [-0.15, -0.1) is 0 Å². The van der Waals surface area contributed by atoms with E-state index in [1.54, 1.807) is 0 Å². The van der Waals surface area contributed by atoms with Crippen LogP contribution in [0.1, 0.15) is 32.6 Å². The zero-order valence-corrected chi connectivity index (χ0v) is 13.0. The Kier molecular flexibility index (Phi) is 4.61. The number of hydrogen-bond acceptors (Lipinski definition) is 4. The van der Waals surface area contributed by atoms with Gasteiger partial charge in [-0.1, -0.05) is 18.2 Å². The summed E-state index contributed by atoms with van der Waals surface area (Å²) in [5.74, 6) is 0.981. The molecule has 0 aromatic carbocycles. The van der Waals surface area contributed by atoms with Gasteiger partial charge in [0.2, 0.25) is 0 Å². The first-order chi connectivity index (χ1) is 10.8. The number of H-pyrrole nitrogens is 1. The number of piperidine rings is 1. The Labute approximate surface area is 130 Å². The van der Waals surface area contributed by atoms with Crippen molar-refractivity contribution in [1.29, 1.82) is 0 Å². The van der Waals surface area contributed by atoms with Crippen LogP contribution >= 0.6 is 0 Å². The van der Waals surface area contributed by atoms with Crippen LogP contribution in [0.5, 0.6) is 0 Å². The van der Waals surface area contributed by atoms with Crippen molar-refractivity contribution in [3.05, 3.63) is 22.7 Å². The van der Waals surface area contributed by atoms with Gasteiger partial charge < -0.3 is 9.64 Å². The van der Waals surface area contributed by atoms with Crippen molar-refractivity contribution in [2.45, 2.75) is 32.6 Å². The summed E-state index contributed by atoms with van der Waals surface area (Å²) >= 11 is 0. The van der Waals surface area contributed by atoms with Crippen LogP contribution in [0.25, 0.3) is 12.2 Å². The summed E-state index contributed by atoms with van der Waals surface area (Å²) in [5.41, 5.74) is 0. The highest BCUT2D eigenvalue weighted by atomic mass is 16.5. The van der Waals surface area contributed by atoms with E-state index in [-0.39, 0.29) is 11.9 Å². The molecule has 2 heterocycles. The Morgan fingerprint density at radius 1 is 1.41 bits per heavy atom. The van der Waals surface area contributed by atoms with Gasteiger partial charge in [0.25, 0.3) is 0 Å². The van der Waals surface area contributed by atoms with Crippen molar-refractivity contribution in [2.75, 3.05) is 24.6 Å². The molecular weight excluding hydrogens is 278 g/mol. The number of carbonyl (C=O) groups excluding carboxylic acids is 1. The van der Waals surface area contributed by atoms with Crippen LogP contribution in [-0.4, -0.2) is 35.9 Å². The maximum Gasteiger partial charge on any atom is 0.309 e. The number of ether oxygens (including phenoxy) is 1. The summed E-state index contributed by atoms with van der Waals surface area (Å²) in [7, 11) is 0. The number of aromatic amines is 1. The third-order valence-corrected chi connectivity index (χ3v) is 4.31. The molecule has 0 spiro atoms. The summed E-state index contributed by atoms with van der Waals surface area (Å²) < 4.78 is 5.13. The van der Waals surface area contributed by atoms with Gasteiger partial charge in [0.15, 0.2) is 5.82 Å². The first kappa shape index (κ1) is 14.9. The molecule has 0 unspecified atom stereocenters. The Balaban J connectivity index is 1.76. The number of hydrogen-bond donors (Lipinski definition) is 1. The fourth-order valence-corrected chi connectivity index (χ4v) is 3.09. The first-order valence-electron chi connectivity index (χ1n) is 8.12. The molecule has 3 rings (SSSR count). The van der Waals surface area contributed by atoms with Crippen LogP contribution in [0.15, 0.2) is 12.2 Å². The molecule has 118 valence electrons. The Bertz CT molecular complexity index is 667.